The third-order valence-electron chi connectivity index (χ3n) is 14.1. The lowest BCUT2D eigenvalue weighted by Crippen LogP contribution is -2.35. The van der Waals surface area contributed by atoms with Crippen LogP contribution in [0.1, 0.15) is 75.2 Å². The minimum absolute atomic E-state index is 0.00200. The molecule has 0 saturated carbocycles. The van der Waals surface area contributed by atoms with Gasteiger partial charge in [0, 0.05) is 84.8 Å². The third-order valence-corrected chi connectivity index (χ3v) is 14.1. The van der Waals surface area contributed by atoms with Gasteiger partial charge in [-0.25, -0.2) is 14.6 Å². The zero-order valence-electron chi connectivity index (χ0n) is 44.7. The number of imidazole rings is 1. The first kappa shape index (κ1) is 52.4. The molecule has 4 amide bonds. The van der Waals surface area contributed by atoms with Crippen LogP contribution in [0.25, 0.3) is 38.4 Å². The van der Waals surface area contributed by atoms with Crippen LogP contribution < -0.4 is 21.3 Å². The van der Waals surface area contributed by atoms with Crippen molar-refractivity contribution in [2.45, 2.75) is 79.3 Å². The summed E-state index contributed by atoms with van der Waals surface area (Å²) in [5.74, 6) is 0. The van der Waals surface area contributed by atoms with E-state index in [1.54, 1.807) is 0 Å². The van der Waals surface area contributed by atoms with Crippen LogP contribution in [0.5, 0.6) is 0 Å². The van der Waals surface area contributed by atoms with Crippen molar-refractivity contribution in [3.63, 3.8) is 0 Å². The molecule has 6 aromatic carbocycles. The summed E-state index contributed by atoms with van der Waals surface area (Å²) in [7, 11) is 0. The number of rotatable bonds is 10. The number of amides is 4. The minimum atomic E-state index is -0.262. The van der Waals surface area contributed by atoms with Crippen LogP contribution in [0.4, 0.5) is 32.3 Å². The number of hydrogen-bond donors (Lipinski definition) is 4. The lowest BCUT2D eigenvalue weighted by atomic mass is 9.86. The van der Waals surface area contributed by atoms with Crippen LogP contribution in [0.2, 0.25) is 0 Å². The lowest BCUT2D eigenvalue weighted by Gasteiger charge is -2.26. The largest absolute Gasteiger partial charge is 0.379 e. The molecule has 2 aliphatic rings. The Labute approximate surface area is 441 Å². The van der Waals surface area contributed by atoms with E-state index >= 15 is 0 Å². The van der Waals surface area contributed by atoms with Gasteiger partial charge >= 0.3 is 12.1 Å². The van der Waals surface area contributed by atoms with E-state index in [1.807, 2.05) is 81.0 Å². The van der Waals surface area contributed by atoms with Crippen molar-refractivity contribution >= 4 is 56.4 Å². The van der Waals surface area contributed by atoms with E-state index in [2.05, 4.69) is 155 Å². The van der Waals surface area contributed by atoms with Crippen LogP contribution >= 0.6 is 0 Å². The highest BCUT2D eigenvalue weighted by Crippen LogP contribution is 2.35. The van der Waals surface area contributed by atoms with Gasteiger partial charge in [0.25, 0.3) is 0 Å². The molecule has 0 unspecified atom stereocenters. The molecule has 4 N–H and O–H groups in total. The molecule has 0 atom stereocenters. The summed E-state index contributed by atoms with van der Waals surface area (Å²) in [6.45, 7) is 25.5. The summed E-state index contributed by atoms with van der Waals surface area (Å²) in [5, 5.41) is 16.3. The Morgan fingerprint density at radius 2 is 1.00 bits per heavy atom. The van der Waals surface area contributed by atoms with Gasteiger partial charge in [-0.05, 0) is 94.3 Å². The Morgan fingerprint density at radius 1 is 0.520 bits per heavy atom. The van der Waals surface area contributed by atoms with E-state index in [0.717, 1.165) is 149 Å². The van der Waals surface area contributed by atoms with Gasteiger partial charge in [-0.2, -0.15) is 0 Å². The highest BCUT2D eigenvalue weighted by Gasteiger charge is 2.20. The fraction of sp³-hybridized carbons (Fsp3) is 0.323. The van der Waals surface area contributed by atoms with Gasteiger partial charge in [-0.3, -0.25) is 14.8 Å². The number of carbonyl (C=O) groups excluding carboxylic acids is 2. The summed E-state index contributed by atoms with van der Waals surface area (Å²) >= 11 is 0. The summed E-state index contributed by atoms with van der Waals surface area (Å²) in [5.41, 5.74) is 12.8. The van der Waals surface area contributed by atoms with E-state index in [-0.39, 0.29) is 22.9 Å². The Kier molecular flexibility index (Phi) is 16.1. The normalized spacial score (nSPS) is 14.5. The SMILES string of the molecule is Cc1ccc(C(C)(C)C)cc1NC(=O)Nc1ccc(-c2ccc(CN3CCOCC3)nc2)c2ccccc12.Cc1ccc(C(C)(C)C)cc1NC(=O)Nc1ccc(-n2cnc(CN3CCOCC3)c2)c2ccccc12. The van der Waals surface area contributed by atoms with Crippen LogP contribution in [-0.2, 0) is 33.4 Å². The predicted molar refractivity (Wildman–Crippen MR) is 305 cm³/mol. The maximum atomic E-state index is 13.1. The number of aromatic nitrogens is 3. The second kappa shape index (κ2) is 23.0. The molecule has 8 aromatic rings. The highest BCUT2D eigenvalue weighted by molar-refractivity contribution is 6.10. The summed E-state index contributed by atoms with van der Waals surface area (Å²) in [6.07, 6.45) is 5.90. The molecule has 13 heteroatoms. The van der Waals surface area contributed by atoms with Gasteiger partial charge in [0.2, 0.25) is 0 Å². The highest BCUT2D eigenvalue weighted by atomic mass is 16.5. The Morgan fingerprint density at radius 3 is 1.52 bits per heavy atom. The number of nitrogens with zero attached hydrogens (tertiary/aromatic N) is 5. The molecule has 0 bridgehead atoms. The van der Waals surface area contributed by atoms with Crippen LogP contribution in [-0.4, -0.2) is 89.0 Å². The van der Waals surface area contributed by atoms with Crippen molar-refractivity contribution in [2.24, 2.45) is 0 Å². The van der Waals surface area contributed by atoms with Crippen LogP contribution in [0.3, 0.4) is 0 Å². The average Bonchev–Trinajstić information content (AvgIpc) is 3.86. The number of ether oxygens (including phenoxy) is 2. The number of morpholine rings is 2. The van der Waals surface area contributed by atoms with Gasteiger partial charge in [-0.15, -0.1) is 0 Å². The van der Waals surface area contributed by atoms with Crippen molar-refractivity contribution in [1.82, 2.24) is 24.3 Å². The molecule has 0 spiro atoms. The average molecular weight is 1010 g/mol. The quantitative estimate of drug-likeness (QED) is 0.106. The van der Waals surface area contributed by atoms with E-state index in [4.69, 9.17) is 14.5 Å². The van der Waals surface area contributed by atoms with Gasteiger partial charge in [-0.1, -0.05) is 126 Å². The monoisotopic (exact) mass is 1010 g/mol. The van der Waals surface area contributed by atoms with Crippen LogP contribution in [0.15, 0.2) is 140 Å². The molecule has 2 fully saturated rings. The van der Waals surface area contributed by atoms with Crippen molar-refractivity contribution in [2.75, 3.05) is 73.9 Å². The molecule has 75 heavy (non-hydrogen) atoms. The molecule has 13 nitrogen and oxygen atoms in total. The van der Waals surface area contributed by atoms with Crippen LogP contribution in [0, 0.1) is 13.8 Å². The van der Waals surface area contributed by atoms with Crippen molar-refractivity contribution in [3.05, 3.63) is 174 Å². The minimum Gasteiger partial charge on any atom is -0.379 e. The number of nitrogens with one attached hydrogen (secondary N) is 4. The number of hydrogen-bond acceptors (Lipinski definition) is 8. The summed E-state index contributed by atoms with van der Waals surface area (Å²) in [4.78, 5) is 40.2. The number of pyridine rings is 1. The van der Waals surface area contributed by atoms with Gasteiger partial charge in [0.1, 0.15) is 0 Å². The molecule has 0 radical (unpaired) electrons. The van der Waals surface area contributed by atoms with Crippen molar-refractivity contribution < 1.29 is 19.1 Å². The van der Waals surface area contributed by atoms with E-state index < -0.39 is 0 Å². The molecule has 2 saturated heterocycles. The summed E-state index contributed by atoms with van der Waals surface area (Å²) in [6, 6.07) is 40.5. The standard InChI is InChI=1S/C32H36N4O2.C30H35N5O2/c1-22-9-11-24(32(2,3)4)19-30(22)35-31(37)34-29-14-13-26(27-7-5-6-8-28(27)29)23-10-12-25(33-20-23)21-36-15-17-38-18-16-36;1-21-9-10-22(30(2,3)4)17-27(21)33-29(36)32-26-11-12-28(25-8-6-5-7-24(25)26)35-19-23(31-20-35)18-34-13-15-37-16-14-34/h5-14,19-20H,15-18,21H2,1-4H3,(H2,34,35,37);5-12,17,19-20H,13-16,18H2,1-4H3,(H2,32,33,36). The first-order valence-electron chi connectivity index (χ1n) is 26.1. The van der Waals surface area contributed by atoms with Gasteiger partial charge in [0.05, 0.1) is 61.2 Å². The zero-order chi connectivity index (χ0) is 52.7. The molecular weight excluding hydrogens is 935 g/mol. The molecule has 4 heterocycles. The fourth-order valence-electron chi connectivity index (χ4n) is 9.51. The van der Waals surface area contributed by atoms with Crippen molar-refractivity contribution in [1.29, 1.82) is 0 Å². The fourth-order valence-corrected chi connectivity index (χ4v) is 9.51. The molecule has 388 valence electrons. The van der Waals surface area contributed by atoms with E-state index in [9.17, 15) is 9.59 Å². The second-order valence-corrected chi connectivity index (χ2v) is 21.7. The number of aryl methyl sites for hydroxylation is 2. The second-order valence-electron chi connectivity index (χ2n) is 21.7. The Balaban J connectivity index is 0.000000184. The summed E-state index contributed by atoms with van der Waals surface area (Å²) < 4.78 is 13.0. The molecule has 2 aromatic heterocycles. The smallest absolute Gasteiger partial charge is 0.323 e. The number of benzene rings is 6. The van der Waals surface area contributed by atoms with Crippen molar-refractivity contribution in [3.8, 4) is 16.8 Å². The number of carbonyl (C=O) groups is 2. The van der Waals surface area contributed by atoms with Gasteiger partial charge in [0.15, 0.2) is 0 Å². The maximum Gasteiger partial charge on any atom is 0.323 e. The lowest BCUT2D eigenvalue weighted by molar-refractivity contribution is 0.0336. The topological polar surface area (TPSA) is 138 Å². The zero-order valence-corrected chi connectivity index (χ0v) is 44.7. The molecule has 10 rings (SSSR count). The number of urea groups is 2. The van der Waals surface area contributed by atoms with Gasteiger partial charge < -0.3 is 35.3 Å². The van der Waals surface area contributed by atoms with E-state index in [1.165, 1.54) is 11.1 Å². The Bertz CT molecular complexity index is 3290. The molecule has 2 aliphatic heterocycles. The Hall–Kier alpha value is -7.42. The molecular formula is C62H71N9O4. The maximum absolute atomic E-state index is 13.1. The number of anilines is 4. The first-order valence-corrected chi connectivity index (χ1v) is 26.1. The molecule has 0 aliphatic carbocycles. The third kappa shape index (κ3) is 13.1. The first-order chi connectivity index (χ1) is 36.1. The predicted octanol–water partition coefficient (Wildman–Crippen LogP) is 13.1. The van der Waals surface area contributed by atoms with E-state index in [0.29, 0.717) is 0 Å². The number of fused-ring (bicyclic) bond motifs is 2.